The molecule has 4 heterocycles. The Hall–Kier alpha value is -3.87. The Morgan fingerprint density at radius 1 is 1.17 bits per heavy atom. The lowest BCUT2D eigenvalue weighted by Gasteiger charge is -2.36. The SMILES string of the molecule is C[C@H]1CC[C@@H](c2nc3c4cc(F)cc(F)c4nc(N)n3n2)CN1C(=O)c1ccc(CN)cn1.FCF. The Labute approximate surface area is 203 Å². The summed E-state index contributed by atoms with van der Waals surface area (Å²) >= 11 is 0. The lowest BCUT2D eigenvalue weighted by molar-refractivity contribution is 0.0600. The molecule has 3 aromatic heterocycles. The third-order valence-corrected chi connectivity index (χ3v) is 6.12. The predicted octanol–water partition coefficient (Wildman–Crippen LogP) is 3.28. The molecule has 1 aliphatic rings. The smallest absolute Gasteiger partial charge is 0.272 e. The van der Waals surface area contributed by atoms with E-state index in [2.05, 4.69) is 20.1 Å². The van der Waals surface area contributed by atoms with Crippen LogP contribution in [0.25, 0.3) is 16.6 Å². The van der Waals surface area contributed by atoms with Crippen LogP contribution < -0.4 is 11.5 Å². The number of amides is 1. The third-order valence-electron chi connectivity index (χ3n) is 6.12. The number of nitrogens with two attached hydrogens (primary N) is 2. The molecule has 1 aromatic carbocycles. The number of alkyl halides is 2. The number of halogens is 4. The summed E-state index contributed by atoms with van der Waals surface area (Å²) in [5, 5.41) is 4.65. The van der Waals surface area contributed by atoms with Gasteiger partial charge >= 0.3 is 0 Å². The minimum atomic E-state index is -1.75. The molecule has 4 N–H and O–H groups in total. The van der Waals surface area contributed by atoms with Gasteiger partial charge in [0.15, 0.2) is 17.3 Å². The Balaban J connectivity index is 0.000000967. The van der Waals surface area contributed by atoms with E-state index < -0.39 is 18.6 Å². The van der Waals surface area contributed by atoms with Crippen molar-refractivity contribution in [3.8, 4) is 0 Å². The Morgan fingerprint density at radius 3 is 2.58 bits per heavy atom. The topological polar surface area (TPSA) is 128 Å². The zero-order valence-electron chi connectivity index (χ0n) is 19.3. The maximum Gasteiger partial charge on any atom is 0.272 e. The van der Waals surface area contributed by atoms with Crippen LogP contribution in [0.1, 0.15) is 47.6 Å². The number of benzene rings is 1. The molecule has 4 aromatic rings. The number of nitrogens with zero attached hydrogens (tertiary/aromatic N) is 6. The van der Waals surface area contributed by atoms with Gasteiger partial charge in [0.25, 0.3) is 5.91 Å². The molecule has 0 spiro atoms. The number of carbonyl (C=O) groups excluding carboxylic acids is 1. The number of hydrogen-bond donors (Lipinski definition) is 2. The minimum Gasteiger partial charge on any atom is -0.368 e. The number of nitrogen functional groups attached to an aromatic ring is 1. The van der Waals surface area contributed by atoms with Gasteiger partial charge in [-0.2, -0.15) is 4.52 Å². The second-order valence-corrected chi connectivity index (χ2v) is 8.40. The van der Waals surface area contributed by atoms with Crippen molar-refractivity contribution in [2.75, 3.05) is 19.2 Å². The second kappa shape index (κ2) is 10.4. The highest BCUT2D eigenvalue weighted by Crippen LogP contribution is 2.31. The Bertz CT molecular complexity index is 1390. The molecular formula is C23H24F4N8O. The van der Waals surface area contributed by atoms with Gasteiger partial charge in [0.05, 0.1) is 5.39 Å². The van der Waals surface area contributed by atoms with Crippen LogP contribution in [0.2, 0.25) is 0 Å². The van der Waals surface area contributed by atoms with Gasteiger partial charge in [0.1, 0.15) is 17.0 Å². The van der Waals surface area contributed by atoms with E-state index in [0.717, 1.165) is 30.5 Å². The van der Waals surface area contributed by atoms with E-state index >= 15 is 0 Å². The molecule has 0 bridgehead atoms. The lowest BCUT2D eigenvalue weighted by atomic mass is 9.92. The van der Waals surface area contributed by atoms with Crippen LogP contribution in [0.3, 0.4) is 0 Å². The highest BCUT2D eigenvalue weighted by molar-refractivity contribution is 5.93. The number of hydrogen-bond acceptors (Lipinski definition) is 7. The van der Waals surface area contributed by atoms with E-state index in [1.807, 2.05) is 6.92 Å². The first-order chi connectivity index (χ1) is 17.3. The number of piperidine rings is 1. The monoisotopic (exact) mass is 504 g/mol. The standard InChI is InChI=1S/C22H22F2N8O.CH2F2/c1-11-2-4-13(10-31(11)21(33)17-5-3-12(8-25)9-27-17)19-29-20-15-6-14(23)7-16(24)18(15)28-22(26)32(20)30-19;2-1-3/h3,5-7,9,11,13H,2,4,8,10,25H2,1H3,(H2,26,28);1H2/t11-,13+;/m0./s1. The predicted molar refractivity (Wildman–Crippen MR) is 124 cm³/mol. The van der Waals surface area contributed by atoms with Crippen LogP contribution in [0.15, 0.2) is 30.5 Å². The number of fused-ring (bicyclic) bond motifs is 3. The zero-order chi connectivity index (χ0) is 26.0. The van der Waals surface area contributed by atoms with E-state index in [0.29, 0.717) is 24.6 Å². The minimum absolute atomic E-state index is 0.0116. The van der Waals surface area contributed by atoms with Crippen LogP contribution in [-0.2, 0) is 6.54 Å². The van der Waals surface area contributed by atoms with Gasteiger partial charge in [-0.05, 0) is 37.5 Å². The summed E-state index contributed by atoms with van der Waals surface area (Å²) in [6.07, 6.45) is 3.09. The highest BCUT2D eigenvalue weighted by atomic mass is 19.3. The first-order valence-electron chi connectivity index (χ1n) is 11.2. The summed E-state index contributed by atoms with van der Waals surface area (Å²) < 4.78 is 48.6. The Morgan fingerprint density at radius 2 is 1.92 bits per heavy atom. The molecule has 1 amide bonds. The van der Waals surface area contributed by atoms with Crippen molar-refractivity contribution in [3.63, 3.8) is 0 Å². The second-order valence-electron chi connectivity index (χ2n) is 8.40. The molecule has 0 saturated carbocycles. The van der Waals surface area contributed by atoms with Crippen LogP contribution in [0.4, 0.5) is 23.5 Å². The lowest BCUT2D eigenvalue weighted by Crippen LogP contribution is -2.45. The number of rotatable bonds is 3. The van der Waals surface area contributed by atoms with E-state index in [4.69, 9.17) is 11.5 Å². The van der Waals surface area contributed by atoms with E-state index in [1.165, 1.54) is 4.52 Å². The summed E-state index contributed by atoms with van der Waals surface area (Å²) in [7, 11) is 0. The van der Waals surface area contributed by atoms with E-state index in [-0.39, 0.29) is 40.4 Å². The molecular weight excluding hydrogens is 480 g/mol. The van der Waals surface area contributed by atoms with Crippen molar-refractivity contribution >= 4 is 28.4 Å². The Kier molecular flexibility index (Phi) is 7.29. The summed E-state index contributed by atoms with van der Waals surface area (Å²) in [5.41, 5.74) is 12.9. The van der Waals surface area contributed by atoms with E-state index in [9.17, 15) is 22.4 Å². The fraction of sp³-hybridized carbons (Fsp3) is 0.348. The summed E-state index contributed by atoms with van der Waals surface area (Å²) in [5.74, 6) is -1.54. The van der Waals surface area contributed by atoms with Gasteiger partial charge in [-0.15, -0.1) is 5.10 Å². The quantitative estimate of drug-likeness (QED) is 0.410. The first-order valence-corrected chi connectivity index (χ1v) is 11.2. The van der Waals surface area contributed by atoms with Crippen LogP contribution in [0.5, 0.6) is 0 Å². The largest absolute Gasteiger partial charge is 0.368 e. The van der Waals surface area contributed by atoms with Gasteiger partial charge < -0.3 is 16.4 Å². The van der Waals surface area contributed by atoms with Crippen molar-refractivity contribution in [1.29, 1.82) is 0 Å². The van der Waals surface area contributed by atoms with Crippen LogP contribution in [0, 0.1) is 11.6 Å². The molecule has 9 nitrogen and oxygen atoms in total. The van der Waals surface area contributed by atoms with Crippen LogP contribution >= 0.6 is 0 Å². The third kappa shape index (κ3) is 4.78. The zero-order valence-corrected chi connectivity index (χ0v) is 19.3. The normalized spacial score (nSPS) is 17.8. The summed E-state index contributed by atoms with van der Waals surface area (Å²) in [6, 6.07) is 5.38. The van der Waals surface area contributed by atoms with Crippen molar-refractivity contribution in [2.24, 2.45) is 5.73 Å². The number of pyridine rings is 1. The van der Waals surface area contributed by atoms with Gasteiger partial charge in [0.2, 0.25) is 12.9 Å². The summed E-state index contributed by atoms with van der Waals surface area (Å²) in [6.45, 7) is 0.968. The van der Waals surface area contributed by atoms with Crippen molar-refractivity contribution < 1.29 is 22.4 Å². The average Bonchev–Trinajstić information content (AvgIpc) is 3.32. The van der Waals surface area contributed by atoms with Gasteiger partial charge in [-0.25, -0.2) is 27.5 Å². The molecule has 1 aliphatic heterocycles. The molecule has 2 atom stereocenters. The van der Waals surface area contributed by atoms with Crippen LogP contribution in [-0.4, -0.2) is 54.9 Å². The maximum absolute atomic E-state index is 14.2. The molecule has 1 saturated heterocycles. The van der Waals surface area contributed by atoms with E-state index in [1.54, 1.807) is 23.2 Å². The molecule has 36 heavy (non-hydrogen) atoms. The fourth-order valence-electron chi connectivity index (χ4n) is 4.27. The molecule has 190 valence electrons. The molecule has 0 radical (unpaired) electrons. The number of anilines is 1. The van der Waals surface area contributed by atoms with Crippen molar-refractivity contribution in [3.05, 3.63) is 59.2 Å². The highest BCUT2D eigenvalue weighted by Gasteiger charge is 2.33. The van der Waals surface area contributed by atoms with Gasteiger partial charge in [0, 0.05) is 37.3 Å². The fourth-order valence-corrected chi connectivity index (χ4v) is 4.27. The first kappa shape index (κ1) is 25.2. The maximum atomic E-state index is 14.2. The number of carbonyl (C=O) groups is 1. The molecule has 5 rings (SSSR count). The van der Waals surface area contributed by atoms with Gasteiger partial charge in [-0.3, -0.25) is 9.78 Å². The number of aromatic nitrogens is 5. The molecule has 13 heteroatoms. The van der Waals surface area contributed by atoms with Crippen molar-refractivity contribution in [2.45, 2.75) is 38.3 Å². The molecule has 0 aliphatic carbocycles. The summed E-state index contributed by atoms with van der Waals surface area (Å²) in [4.78, 5) is 27.7. The van der Waals surface area contributed by atoms with Crippen molar-refractivity contribution in [1.82, 2.24) is 29.5 Å². The van der Waals surface area contributed by atoms with Gasteiger partial charge in [-0.1, -0.05) is 6.07 Å². The average molecular weight is 504 g/mol. The number of likely N-dealkylation sites (tertiary alicyclic amines) is 1. The molecule has 0 unspecified atom stereocenters. The molecule has 1 fully saturated rings.